The van der Waals surface area contributed by atoms with E-state index < -0.39 is 12.1 Å². The smallest absolute Gasteiger partial charge is 0.414 e. The van der Waals surface area contributed by atoms with Crippen molar-refractivity contribution < 1.29 is 28.3 Å². The second-order valence-corrected chi connectivity index (χ2v) is 5.21. The molecule has 0 aliphatic carbocycles. The van der Waals surface area contributed by atoms with Gasteiger partial charge in [0.1, 0.15) is 12.4 Å². The third-order valence-electron chi connectivity index (χ3n) is 3.62. The molecule has 2 heterocycles. The number of nitrogens with zero attached hydrogens (tertiary/aromatic N) is 1. The van der Waals surface area contributed by atoms with Crippen LogP contribution in [0.2, 0.25) is 0 Å². The molecule has 1 aromatic heterocycles. The number of ether oxygens (including phenoxy) is 2. The molecular weight excluding hydrogens is 326 g/mol. The first-order valence-electron chi connectivity index (χ1n) is 7.53. The molecule has 0 spiro atoms. The van der Waals surface area contributed by atoms with Gasteiger partial charge in [0, 0.05) is 11.3 Å². The molecule has 0 N–H and O–H groups in total. The van der Waals surface area contributed by atoms with Gasteiger partial charge in [-0.25, -0.2) is 9.59 Å². The predicted molar refractivity (Wildman–Crippen MR) is 88.5 cm³/mol. The Morgan fingerprint density at radius 1 is 1.24 bits per heavy atom. The van der Waals surface area contributed by atoms with Crippen molar-refractivity contribution in [1.29, 1.82) is 0 Å². The second-order valence-electron chi connectivity index (χ2n) is 5.21. The van der Waals surface area contributed by atoms with Gasteiger partial charge in [-0.2, -0.15) is 0 Å². The average molecular weight is 341 g/mol. The van der Waals surface area contributed by atoms with Crippen LogP contribution in [0.15, 0.2) is 46.9 Å². The number of furan rings is 1. The minimum absolute atomic E-state index is 0.0594. The quantitative estimate of drug-likeness (QED) is 0.472. The molecule has 1 aliphatic heterocycles. The van der Waals surface area contributed by atoms with E-state index >= 15 is 0 Å². The summed E-state index contributed by atoms with van der Waals surface area (Å²) in [7, 11) is 1.26. The highest BCUT2D eigenvalue weighted by molar-refractivity contribution is 6.07. The maximum absolute atomic E-state index is 12.3. The first-order valence-corrected chi connectivity index (χ1v) is 7.53. The summed E-state index contributed by atoms with van der Waals surface area (Å²) in [4.78, 5) is 36.7. The van der Waals surface area contributed by atoms with Crippen LogP contribution in [0.4, 0.5) is 10.5 Å². The van der Waals surface area contributed by atoms with E-state index in [4.69, 9.17) is 9.15 Å². The maximum Gasteiger partial charge on any atom is 0.414 e. The van der Waals surface area contributed by atoms with Gasteiger partial charge in [-0.1, -0.05) is 12.1 Å². The third-order valence-corrected chi connectivity index (χ3v) is 3.62. The van der Waals surface area contributed by atoms with Gasteiger partial charge in [0.15, 0.2) is 5.78 Å². The number of methoxy groups -OCH3 is 1. The summed E-state index contributed by atoms with van der Waals surface area (Å²) in [5.74, 6) is -0.432. The van der Waals surface area contributed by atoms with Crippen LogP contribution in [-0.2, 0) is 9.47 Å². The summed E-state index contributed by atoms with van der Waals surface area (Å²) in [6.07, 6.45) is 2.37. The Morgan fingerprint density at radius 3 is 2.80 bits per heavy atom. The van der Waals surface area contributed by atoms with Crippen LogP contribution in [0.1, 0.15) is 26.7 Å². The largest absolute Gasteiger partial charge is 0.463 e. The first-order chi connectivity index (χ1) is 12.1. The highest BCUT2D eigenvalue weighted by atomic mass is 16.6. The minimum Gasteiger partial charge on any atom is -0.463 e. The Balaban J connectivity index is 1.74. The van der Waals surface area contributed by atoms with Crippen LogP contribution in [0.25, 0.3) is 6.08 Å². The van der Waals surface area contributed by atoms with E-state index in [-0.39, 0.29) is 11.5 Å². The van der Waals surface area contributed by atoms with Crippen molar-refractivity contribution in [2.24, 2.45) is 0 Å². The number of hydrogen-bond acceptors (Lipinski definition) is 6. The Hall–Kier alpha value is -3.35. The van der Waals surface area contributed by atoms with Crippen LogP contribution in [0.3, 0.4) is 0 Å². The molecule has 0 radical (unpaired) electrons. The minimum atomic E-state index is -0.587. The number of cyclic esters (lactones) is 1. The van der Waals surface area contributed by atoms with Crippen LogP contribution in [0.5, 0.6) is 0 Å². The normalized spacial score (nSPS) is 14.0. The summed E-state index contributed by atoms with van der Waals surface area (Å²) in [5.41, 5.74) is 1.03. The van der Waals surface area contributed by atoms with Gasteiger partial charge in [-0.15, -0.1) is 0 Å². The van der Waals surface area contributed by atoms with Crippen molar-refractivity contribution >= 4 is 29.6 Å². The average Bonchev–Trinajstić information content (AvgIpc) is 3.28. The molecule has 7 heteroatoms. The zero-order chi connectivity index (χ0) is 17.8. The predicted octanol–water partition coefficient (Wildman–Crippen LogP) is 2.92. The zero-order valence-electron chi connectivity index (χ0n) is 13.4. The van der Waals surface area contributed by atoms with Crippen molar-refractivity contribution in [3.8, 4) is 0 Å². The second kappa shape index (κ2) is 7.04. The highest BCUT2D eigenvalue weighted by Gasteiger charge is 2.23. The van der Waals surface area contributed by atoms with Crippen LogP contribution in [-0.4, -0.2) is 38.1 Å². The SMILES string of the molecule is COC(=O)c1ccc(/C=C\C(=O)c2cccc(N3CCOC3=O)c2)o1. The molecule has 1 aliphatic rings. The Kier molecular flexibility index (Phi) is 4.65. The van der Waals surface area contributed by atoms with Crippen molar-refractivity contribution in [3.63, 3.8) is 0 Å². The maximum atomic E-state index is 12.3. The standard InChI is InChI=1S/C18H15NO6/c1-23-17(21)16-8-6-14(25-16)5-7-15(20)12-3-2-4-13(11-12)19-9-10-24-18(19)22/h2-8,11H,9-10H2,1H3/b7-5-. The first kappa shape index (κ1) is 16.5. The molecule has 2 aromatic rings. The summed E-state index contributed by atoms with van der Waals surface area (Å²) < 4.78 is 14.7. The van der Waals surface area contributed by atoms with Gasteiger partial charge < -0.3 is 13.9 Å². The Labute approximate surface area is 143 Å². The number of allylic oxidation sites excluding steroid dienone is 1. The molecule has 0 saturated carbocycles. The van der Waals surface area contributed by atoms with Crippen molar-refractivity contribution in [2.75, 3.05) is 25.2 Å². The molecule has 1 aromatic carbocycles. The molecule has 7 nitrogen and oxygen atoms in total. The molecule has 0 atom stereocenters. The molecular formula is C18H15NO6. The lowest BCUT2D eigenvalue weighted by molar-refractivity contribution is 0.0564. The number of carbonyl (C=O) groups excluding carboxylic acids is 3. The van der Waals surface area contributed by atoms with Crippen molar-refractivity contribution in [3.05, 3.63) is 59.6 Å². The van der Waals surface area contributed by atoms with Gasteiger partial charge in [-0.3, -0.25) is 9.69 Å². The van der Waals surface area contributed by atoms with Gasteiger partial charge in [0.25, 0.3) is 0 Å². The number of ketones is 1. The Morgan fingerprint density at radius 2 is 2.08 bits per heavy atom. The molecule has 25 heavy (non-hydrogen) atoms. The van der Waals surface area contributed by atoms with E-state index in [2.05, 4.69) is 4.74 Å². The molecule has 128 valence electrons. The van der Waals surface area contributed by atoms with Crippen molar-refractivity contribution in [2.45, 2.75) is 0 Å². The molecule has 0 unspecified atom stereocenters. The summed E-state index contributed by atoms with van der Waals surface area (Å²) in [6.45, 7) is 0.785. The van der Waals surface area contributed by atoms with E-state index in [1.807, 2.05) is 0 Å². The van der Waals surface area contributed by atoms with Gasteiger partial charge >= 0.3 is 12.1 Å². The molecule has 1 amide bonds. The van der Waals surface area contributed by atoms with E-state index in [0.29, 0.717) is 30.2 Å². The number of esters is 1. The van der Waals surface area contributed by atoms with E-state index in [9.17, 15) is 14.4 Å². The zero-order valence-corrected chi connectivity index (χ0v) is 13.4. The summed E-state index contributed by atoms with van der Waals surface area (Å²) in [5, 5.41) is 0. The number of anilines is 1. The number of carbonyl (C=O) groups is 3. The number of amides is 1. The third kappa shape index (κ3) is 3.60. The summed E-state index contributed by atoms with van der Waals surface area (Å²) in [6, 6.07) is 9.75. The topological polar surface area (TPSA) is 86.0 Å². The monoisotopic (exact) mass is 341 g/mol. The van der Waals surface area contributed by atoms with Gasteiger partial charge in [0.2, 0.25) is 5.76 Å². The fraction of sp³-hybridized carbons (Fsp3) is 0.167. The van der Waals surface area contributed by atoms with Crippen molar-refractivity contribution in [1.82, 2.24) is 0 Å². The lowest BCUT2D eigenvalue weighted by Crippen LogP contribution is -2.23. The van der Waals surface area contributed by atoms with Crippen LogP contribution >= 0.6 is 0 Å². The van der Waals surface area contributed by atoms with Gasteiger partial charge in [0.05, 0.1) is 13.7 Å². The van der Waals surface area contributed by atoms with E-state index in [0.717, 1.165) is 0 Å². The van der Waals surface area contributed by atoms with Crippen LogP contribution < -0.4 is 4.90 Å². The molecule has 1 fully saturated rings. The number of rotatable bonds is 5. The van der Waals surface area contributed by atoms with Gasteiger partial charge in [-0.05, 0) is 36.4 Å². The van der Waals surface area contributed by atoms with E-state index in [1.54, 1.807) is 30.3 Å². The Bertz CT molecular complexity index is 851. The lowest BCUT2D eigenvalue weighted by atomic mass is 10.1. The van der Waals surface area contributed by atoms with E-state index in [1.165, 1.54) is 30.2 Å². The highest BCUT2D eigenvalue weighted by Crippen LogP contribution is 2.20. The summed E-state index contributed by atoms with van der Waals surface area (Å²) >= 11 is 0. The fourth-order valence-corrected chi connectivity index (χ4v) is 2.36. The molecule has 0 bridgehead atoms. The number of benzene rings is 1. The fourth-order valence-electron chi connectivity index (χ4n) is 2.36. The molecule has 3 rings (SSSR count). The molecule has 1 saturated heterocycles. The number of hydrogen-bond donors (Lipinski definition) is 0. The lowest BCUT2D eigenvalue weighted by Gasteiger charge is -2.13. The van der Waals surface area contributed by atoms with Crippen LogP contribution in [0, 0.1) is 0 Å².